The highest BCUT2D eigenvalue weighted by Crippen LogP contribution is 2.39. The number of halogens is 3. The van der Waals surface area contributed by atoms with E-state index in [2.05, 4.69) is 15.6 Å². The van der Waals surface area contributed by atoms with Gasteiger partial charge in [0.2, 0.25) is 5.75 Å². The van der Waals surface area contributed by atoms with Crippen molar-refractivity contribution in [3.8, 4) is 17.2 Å². The lowest BCUT2D eigenvalue weighted by atomic mass is 10.2. The van der Waals surface area contributed by atoms with E-state index in [0.717, 1.165) is 0 Å². The minimum Gasteiger partial charge on any atom is -0.493 e. The van der Waals surface area contributed by atoms with E-state index in [9.17, 15) is 13.2 Å². The van der Waals surface area contributed by atoms with Gasteiger partial charge in [0.15, 0.2) is 17.5 Å². The molecule has 0 saturated heterocycles. The molecule has 0 aliphatic heterocycles. The summed E-state index contributed by atoms with van der Waals surface area (Å²) in [5.41, 5.74) is 0.637. The molecular weight excluding hydrogens is 339 g/mol. The second-order valence-corrected chi connectivity index (χ2v) is 5.11. The van der Waals surface area contributed by atoms with Gasteiger partial charge in [-0.25, -0.2) is 0 Å². The van der Waals surface area contributed by atoms with Gasteiger partial charge in [0.25, 0.3) is 0 Å². The Labute approximate surface area is 145 Å². The van der Waals surface area contributed by atoms with E-state index < -0.39 is 12.6 Å². The molecule has 0 atom stereocenters. The molecule has 6 nitrogen and oxygen atoms in total. The minimum absolute atomic E-state index is 0.0671. The van der Waals surface area contributed by atoms with Gasteiger partial charge in [0, 0.05) is 37.8 Å². The van der Waals surface area contributed by atoms with Gasteiger partial charge in [-0.1, -0.05) is 0 Å². The number of aliphatic imine (C=N–C) groups is 1. The molecule has 0 amide bonds. The first-order chi connectivity index (χ1) is 11.8. The number of guanidine groups is 1. The molecule has 0 saturated carbocycles. The molecule has 0 spiro atoms. The Bertz CT molecular complexity index is 552. The van der Waals surface area contributed by atoms with Crippen LogP contribution in [0.25, 0.3) is 0 Å². The highest BCUT2D eigenvalue weighted by molar-refractivity contribution is 5.94. The molecule has 1 aromatic rings. The molecule has 0 bridgehead atoms. The predicted octanol–water partition coefficient (Wildman–Crippen LogP) is 3.43. The van der Waals surface area contributed by atoms with Crippen LogP contribution in [0.3, 0.4) is 0 Å². The van der Waals surface area contributed by atoms with E-state index in [0.29, 0.717) is 41.9 Å². The first-order valence-corrected chi connectivity index (χ1v) is 7.69. The lowest BCUT2D eigenvalue weighted by Gasteiger charge is -2.16. The molecule has 0 aliphatic carbocycles. The Balaban J connectivity index is 2.66. The van der Waals surface area contributed by atoms with Gasteiger partial charge in [-0.2, -0.15) is 13.2 Å². The third-order valence-corrected chi connectivity index (χ3v) is 3.33. The second kappa shape index (κ2) is 9.85. The molecule has 0 unspecified atom stereocenters. The van der Waals surface area contributed by atoms with Crippen LogP contribution in [0.4, 0.5) is 18.9 Å². The van der Waals surface area contributed by atoms with Crippen molar-refractivity contribution >= 4 is 11.6 Å². The molecule has 25 heavy (non-hydrogen) atoms. The number of hydrogen-bond donors (Lipinski definition) is 2. The summed E-state index contributed by atoms with van der Waals surface area (Å²) in [6.45, 7) is 0.375. The molecule has 2 N–H and O–H groups in total. The van der Waals surface area contributed by atoms with Crippen molar-refractivity contribution in [2.24, 2.45) is 4.99 Å². The summed E-state index contributed by atoms with van der Waals surface area (Å²) < 4.78 is 52.1. The maximum atomic E-state index is 12.1. The average molecular weight is 363 g/mol. The van der Waals surface area contributed by atoms with Crippen LogP contribution in [0.5, 0.6) is 17.2 Å². The number of unbranched alkanes of at least 4 members (excludes halogenated alkanes) is 1. The number of rotatable bonds is 8. The zero-order valence-corrected chi connectivity index (χ0v) is 14.8. The number of alkyl halides is 3. The summed E-state index contributed by atoms with van der Waals surface area (Å²) in [6.07, 6.45) is -4.45. The van der Waals surface area contributed by atoms with Gasteiger partial charge in [0.05, 0.1) is 21.3 Å². The largest absolute Gasteiger partial charge is 0.493 e. The number of anilines is 1. The maximum Gasteiger partial charge on any atom is 0.389 e. The zero-order chi connectivity index (χ0) is 18.9. The van der Waals surface area contributed by atoms with E-state index in [-0.39, 0.29) is 6.42 Å². The van der Waals surface area contributed by atoms with Gasteiger partial charge in [-0.05, 0) is 12.8 Å². The summed E-state index contributed by atoms with van der Waals surface area (Å²) in [5.74, 6) is 1.85. The smallest absolute Gasteiger partial charge is 0.389 e. The fraction of sp³-hybridized carbons (Fsp3) is 0.562. The normalized spacial score (nSPS) is 11.9. The molecule has 0 aliphatic rings. The number of nitrogens with one attached hydrogen (secondary N) is 2. The van der Waals surface area contributed by atoms with Crippen LogP contribution in [0.15, 0.2) is 17.1 Å². The van der Waals surface area contributed by atoms with Crippen LogP contribution in [-0.2, 0) is 0 Å². The number of ether oxygens (including phenoxy) is 3. The quantitative estimate of drug-likeness (QED) is 0.421. The number of methoxy groups -OCH3 is 3. The molecule has 142 valence electrons. The van der Waals surface area contributed by atoms with Gasteiger partial charge in [-0.3, -0.25) is 4.99 Å². The summed E-state index contributed by atoms with van der Waals surface area (Å²) >= 11 is 0. The monoisotopic (exact) mass is 363 g/mol. The summed E-state index contributed by atoms with van der Waals surface area (Å²) in [4.78, 5) is 4.04. The van der Waals surface area contributed by atoms with Crippen LogP contribution in [-0.4, -0.2) is 47.1 Å². The van der Waals surface area contributed by atoms with Crippen molar-refractivity contribution in [2.45, 2.75) is 25.4 Å². The fourth-order valence-corrected chi connectivity index (χ4v) is 2.13. The van der Waals surface area contributed by atoms with E-state index >= 15 is 0 Å². The van der Waals surface area contributed by atoms with E-state index in [4.69, 9.17) is 14.2 Å². The van der Waals surface area contributed by atoms with Gasteiger partial charge < -0.3 is 24.8 Å². The van der Waals surface area contributed by atoms with Crippen LogP contribution in [0.2, 0.25) is 0 Å². The molecule has 0 fully saturated rings. The Hall–Kier alpha value is -2.32. The first kappa shape index (κ1) is 20.7. The minimum atomic E-state index is -4.11. The van der Waals surface area contributed by atoms with Crippen molar-refractivity contribution in [1.82, 2.24) is 5.32 Å². The first-order valence-electron chi connectivity index (χ1n) is 7.69. The second-order valence-electron chi connectivity index (χ2n) is 5.11. The molecule has 0 heterocycles. The van der Waals surface area contributed by atoms with Crippen molar-refractivity contribution < 1.29 is 27.4 Å². The molecule has 1 aromatic carbocycles. The highest BCUT2D eigenvalue weighted by atomic mass is 19.4. The van der Waals surface area contributed by atoms with Gasteiger partial charge >= 0.3 is 6.18 Å². The van der Waals surface area contributed by atoms with E-state index in [1.54, 1.807) is 19.2 Å². The van der Waals surface area contributed by atoms with Crippen LogP contribution >= 0.6 is 0 Å². The number of benzene rings is 1. The molecule has 0 aromatic heterocycles. The zero-order valence-electron chi connectivity index (χ0n) is 14.8. The number of hydrogen-bond acceptors (Lipinski definition) is 4. The topological polar surface area (TPSA) is 64.1 Å². The van der Waals surface area contributed by atoms with Crippen LogP contribution in [0.1, 0.15) is 19.3 Å². The maximum absolute atomic E-state index is 12.1. The van der Waals surface area contributed by atoms with Gasteiger partial charge in [-0.15, -0.1) is 0 Å². The Kier molecular flexibility index (Phi) is 8.17. The van der Waals surface area contributed by atoms with E-state index in [1.165, 1.54) is 21.3 Å². The Morgan fingerprint density at radius 1 is 1.04 bits per heavy atom. The summed E-state index contributed by atoms with van der Waals surface area (Å²) in [5, 5.41) is 6.00. The molecule has 9 heteroatoms. The van der Waals surface area contributed by atoms with Gasteiger partial charge in [0.1, 0.15) is 0 Å². The van der Waals surface area contributed by atoms with E-state index in [1.807, 2.05) is 0 Å². The lowest BCUT2D eigenvalue weighted by molar-refractivity contribution is -0.135. The van der Waals surface area contributed by atoms with Crippen molar-refractivity contribution in [3.63, 3.8) is 0 Å². The lowest BCUT2D eigenvalue weighted by Crippen LogP contribution is -2.31. The summed E-state index contributed by atoms with van der Waals surface area (Å²) in [7, 11) is 6.10. The highest BCUT2D eigenvalue weighted by Gasteiger charge is 2.25. The average Bonchev–Trinajstić information content (AvgIpc) is 2.58. The molecule has 0 radical (unpaired) electrons. The Morgan fingerprint density at radius 3 is 2.08 bits per heavy atom. The standard InChI is InChI=1S/C16H24F3N3O3/c1-20-15(21-8-6-5-7-16(17,18)19)22-11-9-12(23-2)14(25-4)13(10-11)24-3/h9-10H,5-8H2,1-4H3,(H2,20,21,22). The third kappa shape index (κ3) is 6.98. The molecular formula is C16H24F3N3O3. The number of nitrogens with zero attached hydrogens (tertiary/aromatic N) is 1. The van der Waals surface area contributed by atoms with Crippen LogP contribution < -0.4 is 24.8 Å². The van der Waals surface area contributed by atoms with Crippen molar-refractivity contribution in [3.05, 3.63) is 12.1 Å². The Morgan fingerprint density at radius 2 is 1.64 bits per heavy atom. The SMILES string of the molecule is CN=C(NCCCCC(F)(F)F)Nc1cc(OC)c(OC)c(OC)c1. The summed E-state index contributed by atoms with van der Waals surface area (Å²) in [6, 6.07) is 3.41. The van der Waals surface area contributed by atoms with Crippen molar-refractivity contribution in [2.75, 3.05) is 40.2 Å². The fourth-order valence-electron chi connectivity index (χ4n) is 2.13. The van der Waals surface area contributed by atoms with Crippen LogP contribution in [0, 0.1) is 0 Å². The predicted molar refractivity (Wildman–Crippen MR) is 91.0 cm³/mol. The molecule has 1 rings (SSSR count). The van der Waals surface area contributed by atoms with Crippen molar-refractivity contribution in [1.29, 1.82) is 0 Å². The third-order valence-electron chi connectivity index (χ3n) is 3.33.